The summed E-state index contributed by atoms with van der Waals surface area (Å²) in [5, 5.41) is 10.6. The van der Waals surface area contributed by atoms with Crippen molar-refractivity contribution in [3.63, 3.8) is 0 Å². The van der Waals surface area contributed by atoms with Gasteiger partial charge in [0.25, 0.3) is 0 Å². The molecule has 41 heavy (non-hydrogen) atoms. The van der Waals surface area contributed by atoms with Crippen molar-refractivity contribution in [3.8, 4) is 0 Å². The Labute approximate surface area is 243 Å². The molecule has 4 N–H and O–H groups in total. The molecule has 6 heteroatoms. The Kier molecular flexibility index (Phi) is 8.20. The monoisotopic (exact) mass is 550 g/mol. The van der Waals surface area contributed by atoms with Gasteiger partial charge in [-0.3, -0.25) is 4.79 Å². The normalized spacial score (nSPS) is 16.3. The smallest absolute Gasteiger partial charge is 0.320 e. The van der Waals surface area contributed by atoms with E-state index in [9.17, 15) is 9.59 Å². The predicted octanol–water partition coefficient (Wildman–Crippen LogP) is 7.73. The molecule has 2 atom stereocenters. The van der Waals surface area contributed by atoms with Crippen molar-refractivity contribution in [1.82, 2.24) is 15.6 Å². The molecule has 0 radical (unpaired) electrons. The van der Waals surface area contributed by atoms with Gasteiger partial charge in [-0.2, -0.15) is 0 Å². The fourth-order valence-corrected chi connectivity index (χ4v) is 6.15. The summed E-state index contributed by atoms with van der Waals surface area (Å²) in [6.45, 7) is 10.3. The van der Waals surface area contributed by atoms with Crippen molar-refractivity contribution in [1.29, 1.82) is 0 Å². The van der Waals surface area contributed by atoms with E-state index in [1.54, 1.807) is 0 Å². The lowest BCUT2D eigenvalue weighted by Crippen LogP contribution is -2.59. The largest absolute Gasteiger partial charge is 0.361 e. The standard InChI is InChI=1S/C35H42N4O2/c1-22(2)26-16-11-17-27(23(3)4)32(26)38-34(41)39-35(5,20-25-21-36-30-18-9-8-15-29(25)30)33(40)37-31-19-10-13-24-12-6-7-14-28(24)31/h6-9,11-12,14-18,21-23,31,36H,10,13,19-20H2,1-5H3,(H,37,40)(H2,38,39,41)/t31-,35+/m0/s1. The number of anilines is 1. The lowest BCUT2D eigenvalue weighted by Gasteiger charge is -2.34. The molecule has 5 rings (SSSR count). The molecular weight excluding hydrogens is 508 g/mol. The van der Waals surface area contributed by atoms with E-state index in [0.717, 1.165) is 52.5 Å². The number of aromatic nitrogens is 1. The zero-order valence-corrected chi connectivity index (χ0v) is 24.8. The van der Waals surface area contributed by atoms with E-state index in [1.165, 1.54) is 11.1 Å². The highest BCUT2D eigenvalue weighted by atomic mass is 16.2. The van der Waals surface area contributed by atoms with E-state index >= 15 is 0 Å². The zero-order chi connectivity index (χ0) is 29.1. The van der Waals surface area contributed by atoms with Crippen molar-refractivity contribution in [2.45, 2.75) is 83.7 Å². The van der Waals surface area contributed by atoms with Gasteiger partial charge in [-0.25, -0.2) is 4.79 Å². The number of benzene rings is 3. The first kappa shape index (κ1) is 28.5. The van der Waals surface area contributed by atoms with Gasteiger partial charge in [0.05, 0.1) is 6.04 Å². The number of aryl methyl sites for hydroxylation is 1. The zero-order valence-electron chi connectivity index (χ0n) is 24.8. The van der Waals surface area contributed by atoms with E-state index in [4.69, 9.17) is 0 Å². The summed E-state index contributed by atoms with van der Waals surface area (Å²) in [5.41, 5.74) is 6.20. The third kappa shape index (κ3) is 6.02. The highest BCUT2D eigenvalue weighted by molar-refractivity contribution is 5.97. The molecule has 4 aromatic rings. The minimum Gasteiger partial charge on any atom is -0.361 e. The Hall–Kier alpha value is -4.06. The molecule has 0 bridgehead atoms. The molecule has 3 amide bonds. The number of hydrogen-bond acceptors (Lipinski definition) is 2. The van der Waals surface area contributed by atoms with Gasteiger partial charge in [0, 0.05) is 29.2 Å². The maximum Gasteiger partial charge on any atom is 0.320 e. The van der Waals surface area contributed by atoms with Crippen LogP contribution < -0.4 is 16.0 Å². The SMILES string of the molecule is CC(C)c1cccc(C(C)C)c1NC(=O)N[C@](C)(Cc1c[nH]c2ccccc12)C(=O)N[C@H]1CCCc2ccccc21. The van der Waals surface area contributed by atoms with Crippen molar-refractivity contribution < 1.29 is 9.59 Å². The number of carbonyl (C=O) groups is 2. The summed E-state index contributed by atoms with van der Waals surface area (Å²) in [6, 6.07) is 22.1. The van der Waals surface area contributed by atoms with Crippen LogP contribution in [0, 0.1) is 0 Å². The van der Waals surface area contributed by atoms with E-state index < -0.39 is 5.54 Å². The Morgan fingerprint density at radius 2 is 1.61 bits per heavy atom. The molecule has 1 aromatic heterocycles. The molecule has 3 aromatic carbocycles. The van der Waals surface area contributed by atoms with Gasteiger partial charge in [0.2, 0.25) is 5.91 Å². The fraction of sp³-hybridized carbons (Fsp3) is 0.371. The molecule has 0 saturated heterocycles. The highest BCUT2D eigenvalue weighted by Gasteiger charge is 2.38. The molecule has 0 saturated carbocycles. The third-order valence-electron chi connectivity index (χ3n) is 8.40. The van der Waals surface area contributed by atoms with Gasteiger partial charge >= 0.3 is 6.03 Å². The molecule has 1 heterocycles. The lowest BCUT2D eigenvalue weighted by atomic mass is 9.86. The van der Waals surface area contributed by atoms with Crippen LogP contribution in [0.3, 0.4) is 0 Å². The molecular formula is C35H42N4O2. The number of carbonyl (C=O) groups excluding carboxylic acids is 2. The number of aromatic amines is 1. The van der Waals surface area contributed by atoms with Crippen LogP contribution in [-0.2, 0) is 17.6 Å². The average molecular weight is 551 g/mol. The van der Waals surface area contributed by atoms with Crippen LogP contribution in [0.5, 0.6) is 0 Å². The summed E-state index contributed by atoms with van der Waals surface area (Å²) >= 11 is 0. The first-order valence-electron chi connectivity index (χ1n) is 14.8. The van der Waals surface area contributed by atoms with Crippen LogP contribution in [0.4, 0.5) is 10.5 Å². The van der Waals surface area contributed by atoms with Crippen LogP contribution in [0.1, 0.15) is 93.2 Å². The number of hydrogen-bond donors (Lipinski definition) is 4. The second kappa shape index (κ2) is 11.8. The van der Waals surface area contributed by atoms with Crippen LogP contribution in [0.2, 0.25) is 0 Å². The Morgan fingerprint density at radius 1 is 0.927 bits per heavy atom. The maximum absolute atomic E-state index is 14.2. The van der Waals surface area contributed by atoms with Crippen LogP contribution >= 0.6 is 0 Å². The van der Waals surface area contributed by atoms with E-state index in [-0.39, 0.29) is 29.8 Å². The number of nitrogens with one attached hydrogen (secondary N) is 4. The van der Waals surface area contributed by atoms with Crippen LogP contribution in [-0.4, -0.2) is 22.5 Å². The van der Waals surface area contributed by atoms with Gasteiger partial charge in [-0.1, -0.05) is 88.4 Å². The summed E-state index contributed by atoms with van der Waals surface area (Å²) in [5.74, 6) is 0.272. The average Bonchev–Trinajstić information content (AvgIpc) is 3.35. The minimum atomic E-state index is -1.20. The summed E-state index contributed by atoms with van der Waals surface area (Å²) < 4.78 is 0. The molecule has 0 unspecified atom stereocenters. The summed E-state index contributed by atoms with van der Waals surface area (Å²) in [4.78, 5) is 31.3. The number of amides is 3. The van der Waals surface area contributed by atoms with Crippen molar-refractivity contribution in [3.05, 3.63) is 101 Å². The maximum atomic E-state index is 14.2. The number of H-pyrrole nitrogens is 1. The third-order valence-corrected chi connectivity index (χ3v) is 8.40. The quantitative estimate of drug-likeness (QED) is 0.181. The molecule has 214 valence electrons. The number of para-hydroxylation sites is 2. The van der Waals surface area contributed by atoms with Gasteiger partial charge in [0.1, 0.15) is 5.54 Å². The van der Waals surface area contributed by atoms with Crippen LogP contribution in [0.15, 0.2) is 72.9 Å². The number of rotatable bonds is 8. The van der Waals surface area contributed by atoms with E-state index in [2.05, 4.69) is 79.0 Å². The van der Waals surface area contributed by atoms with Gasteiger partial charge < -0.3 is 20.9 Å². The van der Waals surface area contributed by atoms with E-state index in [1.807, 2.05) is 49.5 Å². The second-order valence-electron chi connectivity index (χ2n) is 12.2. The Morgan fingerprint density at radius 3 is 2.34 bits per heavy atom. The topological polar surface area (TPSA) is 86.0 Å². The Bertz CT molecular complexity index is 1530. The molecule has 0 spiro atoms. The number of fused-ring (bicyclic) bond motifs is 2. The first-order valence-corrected chi connectivity index (χ1v) is 14.8. The van der Waals surface area contributed by atoms with Gasteiger partial charge in [0.15, 0.2) is 0 Å². The molecule has 1 aliphatic carbocycles. The summed E-state index contributed by atoms with van der Waals surface area (Å²) in [6.07, 6.45) is 5.18. The molecule has 6 nitrogen and oxygen atoms in total. The van der Waals surface area contributed by atoms with Crippen LogP contribution in [0.25, 0.3) is 10.9 Å². The molecule has 0 aliphatic heterocycles. The Balaban J connectivity index is 1.46. The lowest BCUT2D eigenvalue weighted by molar-refractivity contribution is -0.127. The fourth-order valence-electron chi connectivity index (χ4n) is 6.15. The summed E-state index contributed by atoms with van der Waals surface area (Å²) in [7, 11) is 0. The van der Waals surface area contributed by atoms with Gasteiger partial charge in [-0.05, 0) is 71.9 Å². The van der Waals surface area contributed by atoms with Crippen molar-refractivity contribution in [2.24, 2.45) is 0 Å². The molecule has 1 aliphatic rings. The predicted molar refractivity (Wildman–Crippen MR) is 167 cm³/mol. The second-order valence-corrected chi connectivity index (χ2v) is 12.2. The minimum absolute atomic E-state index is 0.0891. The van der Waals surface area contributed by atoms with Gasteiger partial charge in [-0.15, -0.1) is 0 Å². The van der Waals surface area contributed by atoms with Crippen molar-refractivity contribution >= 4 is 28.5 Å². The highest BCUT2D eigenvalue weighted by Crippen LogP contribution is 2.33. The first-order chi connectivity index (χ1) is 19.7. The van der Waals surface area contributed by atoms with Crippen molar-refractivity contribution in [2.75, 3.05) is 5.32 Å². The number of urea groups is 1. The van der Waals surface area contributed by atoms with E-state index in [0.29, 0.717) is 6.42 Å². The molecule has 0 fully saturated rings.